The van der Waals surface area contributed by atoms with Crippen LogP contribution >= 0.6 is 47.2 Å². The minimum Gasteiger partial charge on any atom is -0.368 e. The minimum absolute atomic E-state index is 0. The Morgan fingerprint density at radius 2 is 1.71 bits per heavy atom. The minimum atomic E-state index is 0. The summed E-state index contributed by atoms with van der Waals surface area (Å²) in [6.45, 7) is 1.58. The SMILES string of the molecule is Cl.Clc1ccc(Cl)c(-c2[nH]c3ccc(Cl)cc3c2C2=NCCN2)c1. The number of fused-ring (bicyclic) bond motifs is 1. The molecule has 124 valence electrons. The maximum absolute atomic E-state index is 6.40. The molecule has 7 heteroatoms. The summed E-state index contributed by atoms with van der Waals surface area (Å²) in [5.41, 5.74) is 3.69. The molecule has 0 saturated carbocycles. The summed E-state index contributed by atoms with van der Waals surface area (Å²) in [7, 11) is 0. The van der Waals surface area contributed by atoms with Gasteiger partial charge in [-0.1, -0.05) is 34.8 Å². The average Bonchev–Trinajstić information content (AvgIpc) is 3.16. The normalized spacial score (nSPS) is 13.5. The van der Waals surface area contributed by atoms with Gasteiger partial charge in [-0.25, -0.2) is 0 Å². The third-order valence-electron chi connectivity index (χ3n) is 3.87. The number of hydrogen-bond acceptors (Lipinski definition) is 2. The van der Waals surface area contributed by atoms with E-state index in [9.17, 15) is 0 Å². The molecule has 3 nitrogen and oxygen atoms in total. The molecule has 0 aliphatic carbocycles. The van der Waals surface area contributed by atoms with Crippen molar-refractivity contribution in [3.05, 3.63) is 57.0 Å². The number of hydrogen-bond donors (Lipinski definition) is 2. The zero-order chi connectivity index (χ0) is 16.0. The standard InChI is InChI=1S/C17H12Cl3N3.ClH/c18-9-1-3-13(20)11(7-9)16-15(17-21-5-6-22-17)12-8-10(19)2-4-14(12)23-16;/h1-4,7-8,23H,5-6H2,(H,21,22);1H. The van der Waals surface area contributed by atoms with Crippen LogP contribution in [0.2, 0.25) is 15.1 Å². The van der Waals surface area contributed by atoms with Gasteiger partial charge in [-0.2, -0.15) is 0 Å². The molecule has 3 aromatic rings. The quantitative estimate of drug-likeness (QED) is 0.580. The Morgan fingerprint density at radius 3 is 2.46 bits per heavy atom. The smallest absolute Gasteiger partial charge is 0.131 e. The van der Waals surface area contributed by atoms with Crippen molar-refractivity contribution in [1.82, 2.24) is 10.3 Å². The van der Waals surface area contributed by atoms with Gasteiger partial charge in [-0.15, -0.1) is 12.4 Å². The van der Waals surface area contributed by atoms with Crippen LogP contribution in [0.5, 0.6) is 0 Å². The summed E-state index contributed by atoms with van der Waals surface area (Å²) >= 11 is 18.8. The Morgan fingerprint density at radius 1 is 0.958 bits per heavy atom. The Bertz CT molecular complexity index is 946. The Labute approximate surface area is 160 Å². The maximum Gasteiger partial charge on any atom is 0.131 e. The highest BCUT2D eigenvalue weighted by atomic mass is 35.5. The van der Waals surface area contributed by atoms with Gasteiger partial charge in [0.15, 0.2) is 0 Å². The van der Waals surface area contributed by atoms with Gasteiger partial charge in [0.25, 0.3) is 0 Å². The first-order chi connectivity index (χ1) is 11.1. The van der Waals surface area contributed by atoms with Gasteiger partial charge in [-0.3, -0.25) is 4.99 Å². The molecule has 24 heavy (non-hydrogen) atoms. The van der Waals surface area contributed by atoms with Gasteiger partial charge < -0.3 is 10.3 Å². The van der Waals surface area contributed by atoms with Gasteiger partial charge >= 0.3 is 0 Å². The van der Waals surface area contributed by atoms with E-state index in [0.29, 0.717) is 15.1 Å². The van der Waals surface area contributed by atoms with E-state index in [1.54, 1.807) is 12.1 Å². The summed E-state index contributed by atoms with van der Waals surface area (Å²) in [5, 5.41) is 6.28. The number of amidine groups is 1. The highest BCUT2D eigenvalue weighted by Crippen LogP contribution is 2.37. The lowest BCUT2D eigenvalue weighted by Crippen LogP contribution is -2.19. The summed E-state index contributed by atoms with van der Waals surface area (Å²) in [6.07, 6.45) is 0. The highest BCUT2D eigenvalue weighted by Gasteiger charge is 2.21. The molecule has 2 N–H and O–H groups in total. The first-order valence-electron chi connectivity index (χ1n) is 7.19. The van der Waals surface area contributed by atoms with Crippen molar-refractivity contribution in [2.75, 3.05) is 13.1 Å². The van der Waals surface area contributed by atoms with Crippen LogP contribution in [0.4, 0.5) is 0 Å². The number of halogens is 4. The monoisotopic (exact) mass is 399 g/mol. The number of nitrogens with one attached hydrogen (secondary N) is 2. The summed E-state index contributed by atoms with van der Waals surface area (Å²) in [6, 6.07) is 11.2. The third kappa shape index (κ3) is 2.98. The molecule has 1 aromatic heterocycles. The molecule has 0 atom stereocenters. The number of aliphatic imine (C=N–C) groups is 1. The average molecular weight is 401 g/mol. The van der Waals surface area contributed by atoms with Crippen LogP contribution < -0.4 is 5.32 Å². The van der Waals surface area contributed by atoms with E-state index in [4.69, 9.17) is 34.8 Å². The van der Waals surface area contributed by atoms with Crippen molar-refractivity contribution in [1.29, 1.82) is 0 Å². The fraction of sp³-hybridized carbons (Fsp3) is 0.118. The van der Waals surface area contributed by atoms with Gasteiger partial charge in [0.1, 0.15) is 5.84 Å². The zero-order valence-corrected chi connectivity index (χ0v) is 15.5. The van der Waals surface area contributed by atoms with Gasteiger partial charge in [-0.05, 0) is 36.4 Å². The second kappa shape index (κ2) is 6.85. The molecular formula is C17H13Cl4N3. The molecule has 0 saturated heterocycles. The van der Waals surface area contributed by atoms with Crippen molar-refractivity contribution < 1.29 is 0 Å². The second-order valence-corrected chi connectivity index (χ2v) is 6.63. The fourth-order valence-corrected chi connectivity index (χ4v) is 3.42. The van der Waals surface area contributed by atoms with E-state index in [1.165, 1.54) is 0 Å². The first-order valence-corrected chi connectivity index (χ1v) is 8.32. The van der Waals surface area contributed by atoms with Crippen LogP contribution in [0.15, 0.2) is 41.4 Å². The van der Waals surface area contributed by atoms with Crippen LogP contribution in [0.3, 0.4) is 0 Å². The predicted octanol–water partition coefficient (Wildman–Crippen LogP) is 5.57. The molecule has 4 rings (SSSR count). The Kier molecular flexibility index (Phi) is 4.97. The molecule has 0 unspecified atom stereocenters. The lowest BCUT2D eigenvalue weighted by molar-refractivity contribution is 0.960. The van der Waals surface area contributed by atoms with E-state index < -0.39 is 0 Å². The molecule has 0 fully saturated rings. The van der Waals surface area contributed by atoms with Gasteiger partial charge in [0.05, 0.1) is 17.3 Å². The summed E-state index contributed by atoms with van der Waals surface area (Å²) in [5.74, 6) is 0.851. The molecule has 1 aliphatic rings. The number of rotatable bonds is 2. The maximum atomic E-state index is 6.40. The number of H-pyrrole nitrogens is 1. The molecule has 0 amide bonds. The molecule has 2 aromatic carbocycles. The number of nitrogens with zero attached hydrogens (tertiary/aromatic N) is 1. The Hall–Kier alpha value is -1.39. The van der Waals surface area contributed by atoms with Crippen LogP contribution in [0, 0.1) is 0 Å². The first kappa shape index (κ1) is 17.4. The van der Waals surface area contributed by atoms with Crippen molar-refractivity contribution >= 4 is 63.9 Å². The van der Waals surface area contributed by atoms with E-state index in [2.05, 4.69) is 15.3 Å². The molecule has 0 bridgehead atoms. The van der Waals surface area contributed by atoms with Crippen molar-refractivity contribution in [2.24, 2.45) is 4.99 Å². The van der Waals surface area contributed by atoms with E-state index in [-0.39, 0.29) is 12.4 Å². The van der Waals surface area contributed by atoms with E-state index in [1.807, 2.05) is 24.3 Å². The van der Waals surface area contributed by atoms with Crippen LogP contribution in [0.1, 0.15) is 5.56 Å². The predicted molar refractivity (Wildman–Crippen MR) is 105 cm³/mol. The zero-order valence-electron chi connectivity index (χ0n) is 12.4. The molecule has 0 radical (unpaired) electrons. The number of benzene rings is 2. The fourth-order valence-electron chi connectivity index (χ4n) is 2.87. The lowest BCUT2D eigenvalue weighted by Gasteiger charge is -2.08. The highest BCUT2D eigenvalue weighted by molar-refractivity contribution is 6.36. The van der Waals surface area contributed by atoms with Crippen molar-refractivity contribution in [3.8, 4) is 11.3 Å². The van der Waals surface area contributed by atoms with Crippen molar-refractivity contribution in [3.63, 3.8) is 0 Å². The Balaban J connectivity index is 0.00000169. The van der Waals surface area contributed by atoms with Gasteiger partial charge in [0, 0.05) is 38.6 Å². The molecular weight excluding hydrogens is 388 g/mol. The molecule has 1 aliphatic heterocycles. The largest absolute Gasteiger partial charge is 0.368 e. The number of aromatic amines is 1. The molecule has 0 spiro atoms. The lowest BCUT2D eigenvalue weighted by atomic mass is 10.0. The number of aromatic nitrogens is 1. The summed E-state index contributed by atoms with van der Waals surface area (Å²) < 4.78 is 0. The topological polar surface area (TPSA) is 40.2 Å². The second-order valence-electron chi connectivity index (χ2n) is 5.35. The van der Waals surface area contributed by atoms with Crippen LogP contribution in [-0.2, 0) is 0 Å². The van der Waals surface area contributed by atoms with E-state index in [0.717, 1.165) is 46.6 Å². The van der Waals surface area contributed by atoms with E-state index >= 15 is 0 Å². The van der Waals surface area contributed by atoms with Gasteiger partial charge in [0.2, 0.25) is 0 Å². The van der Waals surface area contributed by atoms with Crippen LogP contribution in [0.25, 0.3) is 22.2 Å². The van der Waals surface area contributed by atoms with Crippen molar-refractivity contribution in [2.45, 2.75) is 0 Å². The third-order valence-corrected chi connectivity index (χ3v) is 4.67. The molecule has 2 heterocycles. The van der Waals surface area contributed by atoms with Crippen LogP contribution in [-0.4, -0.2) is 23.9 Å². The summed E-state index contributed by atoms with van der Waals surface area (Å²) in [4.78, 5) is 7.99.